The van der Waals surface area contributed by atoms with Crippen molar-refractivity contribution in [2.24, 2.45) is 5.92 Å². The Labute approximate surface area is 191 Å². The van der Waals surface area contributed by atoms with Gasteiger partial charge < -0.3 is 10.3 Å². The van der Waals surface area contributed by atoms with E-state index in [1.54, 1.807) is 6.07 Å². The Kier molecular flexibility index (Phi) is 7.24. The number of nitrogens with one attached hydrogen (secondary N) is 2. The molecular formula is C21H22ClF3N4O2S. The lowest BCUT2D eigenvalue weighted by atomic mass is 10.1. The van der Waals surface area contributed by atoms with Crippen LogP contribution in [-0.2, 0) is 17.5 Å². The molecule has 0 aliphatic heterocycles. The molecule has 0 atom stereocenters. The molecule has 1 aromatic carbocycles. The van der Waals surface area contributed by atoms with E-state index in [9.17, 15) is 22.8 Å². The number of thioether (sulfide) groups is 1. The van der Waals surface area contributed by atoms with Crippen molar-refractivity contribution >= 4 is 46.0 Å². The number of H-pyrrole nitrogens is 1. The lowest BCUT2D eigenvalue weighted by Gasteiger charge is -2.15. The molecule has 0 aliphatic rings. The maximum Gasteiger partial charge on any atom is 0.418 e. The summed E-state index contributed by atoms with van der Waals surface area (Å²) in [6.07, 6.45) is -3.94. The van der Waals surface area contributed by atoms with E-state index in [0.717, 1.165) is 36.0 Å². The minimum atomic E-state index is -4.67. The maximum atomic E-state index is 13.3. The Morgan fingerprint density at radius 1 is 1.31 bits per heavy atom. The van der Waals surface area contributed by atoms with Crippen LogP contribution in [0, 0.1) is 12.8 Å². The molecule has 0 bridgehead atoms. The van der Waals surface area contributed by atoms with Crippen LogP contribution in [0.25, 0.3) is 11.0 Å². The van der Waals surface area contributed by atoms with Crippen molar-refractivity contribution in [3.63, 3.8) is 0 Å². The summed E-state index contributed by atoms with van der Waals surface area (Å²) in [7, 11) is 0. The smallest absolute Gasteiger partial charge is 0.353 e. The number of benzene rings is 1. The monoisotopic (exact) mass is 486 g/mol. The van der Waals surface area contributed by atoms with Crippen molar-refractivity contribution < 1.29 is 18.0 Å². The van der Waals surface area contributed by atoms with Gasteiger partial charge in [0.25, 0.3) is 5.56 Å². The highest BCUT2D eigenvalue weighted by molar-refractivity contribution is 7.99. The van der Waals surface area contributed by atoms with Crippen LogP contribution in [0.15, 0.2) is 34.2 Å². The molecule has 32 heavy (non-hydrogen) atoms. The van der Waals surface area contributed by atoms with E-state index in [1.807, 2.05) is 20.8 Å². The third-order valence-electron chi connectivity index (χ3n) is 4.66. The van der Waals surface area contributed by atoms with Gasteiger partial charge in [-0.15, -0.1) is 0 Å². The van der Waals surface area contributed by atoms with E-state index in [1.165, 1.54) is 10.6 Å². The number of aromatic nitrogens is 3. The summed E-state index contributed by atoms with van der Waals surface area (Å²) in [5.74, 6) is -0.532. The van der Waals surface area contributed by atoms with E-state index >= 15 is 0 Å². The number of carbonyl (C=O) groups excluding carboxylic acids is 1. The first kappa shape index (κ1) is 24.2. The van der Waals surface area contributed by atoms with Crippen molar-refractivity contribution in [2.75, 3.05) is 11.1 Å². The molecule has 0 spiro atoms. The Morgan fingerprint density at radius 2 is 2.03 bits per heavy atom. The normalized spacial score (nSPS) is 12.0. The Balaban J connectivity index is 1.83. The van der Waals surface area contributed by atoms with Gasteiger partial charge in [-0.3, -0.25) is 14.2 Å². The molecule has 2 N–H and O–H groups in total. The van der Waals surface area contributed by atoms with Crippen LogP contribution in [0.5, 0.6) is 0 Å². The summed E-state index contributed by atoms with van der Waals surface area (Å²) < 4.78 is 41.3. The van der Waals surface area contributed by atoms with Gasteiger partial charge >= 0.3 is 6.18 Å². The first-order valence-electron chi connectivity index (χ1n) is 9.85. The van der Waals surface area contributed by atoms with Crippen molar-refractivity contribution in [1.82, 2.24) is 14.5 Å². The number of hydrogen-bond acceptors (Lipinski definition) is 4. The zero-order chi connectivity index (χ0) is 23.6. The van der Waals surface area contributed by atoms with Crippen LogP contribution in [0.3, 0.4) is 0 Å². The molecule has 6 nitrogen and oxygen atoms in total. The molecule has 0 aliphatic carbocycles. The third kappa shape index (κ3) is 5.66. The molecule has 0 saturated heterocycles. The van der Waals surface area contributed by atoms with E-state index in [2.05, 4.69) is 15.3 Å². The fourth-order valence-electron chi connectivity index (χ4n) is 3.08. The highest BCUT2D eigenvalue weighted by atomic mass is 35.5. The number of anilines is 1. The van der Waals surface area contributed by atoms with Gasteiger partial charge in [0, 0.05) is 17.3 Å². The number of carbonyl (C=O) groups is 1. The minimum Gasteiger partial charge on any atom is -0.353 e. The van der Waals surface area contributed by atoms with E-state index in [4.69, 9.17) is 11.6 Å². The average Bonchev–Trinajstić information content (AvgIpc) is 3.06. The molecular weight excluding hydrogens is 465 g/mol. The topological polar surface area (TPSA) is 79.8 Å². The fourth-order valence-corrected chi connectivity index (χ4v) is 4.08. The van der Waals surface area contributed by atoms with Crippen molar-refractivity contribution in [3.8, 4) is 0 Å². The molecule has 0 fully saturated rings. The lowest BCUT2D eigenvalue weighted by Crippen LogP contribution is -2.25. The van der Waals surface area contributed by atoms with Gasteiger partial charge in [-0.1, -0.05) is 37.2 Å². The highest BCUT2D eigenvalue weighted by Crippen LogP contribution is 2.36. The number of nitrogens with zero attached hydrogens (tertiary/aromatic N) is 2. The lowest BCUT2D eigenvalue weighted by molar-refractivity contribution is -0.137. The van der Waals surface area contributed by atoms with Crippen molar-refractivity contribution in [2.45, 2.75) is 45.1 Å². The standard InChI is InChI=1S/C21H22ClF3N4O2S/c1-11(2)6-7-29-19(31)18-16(8-12(3)26-18)28-20(29)32-10-17(30)27-15-5-4-13(22)9-14(15)21(23,24)25/h4-5,8-9,11,26H,6-7,10H2,1-3H3,(H,27,30). The first-order chi connectivity index (χ1) is 15.0. The number of rotatable bonds is 7. The molecule has 0 saturated carbocycles. The fraction of sp³-hybridized carbons (Fsp3) is 0.381. The third-order valence-corrected chi connectivity index (χ3v) is 5.87. The van der Waals surface area contributed by atoms with Gasteiger partial charge in [0.15, 0.2) is 5.16 Å². The van der Waals surface area contributed by atoms with Crippen LogP contribution >= 0.6 is 23.4 Å². The Hall–Kier alpha value is -2.46. The molecule has 2 aromatic heterocycles. The number of aromatic amines is 1. The predicted molar refractivity (Wildman–Crippen MR) is 120 cm³/mol. The predicted octanol–water partition coefficient (Wildman–Crippen LogP) is 5.48. The second-order valence-electron chi connectivity index (χ2n) is 7.77. The number of hydrogen-bond donors (Lipinski definition) is 2. The van der Waals surface area contributed by atoms with Crippen LogP contribution in [0.4, 0.5) is 18.9 Å². The van der Waals surface area contributed by atoms with Gasteiger partial charge in [-0.25, -0.2) is 4.98 Å². The van der Waals surface area contributed by atoms with Crippen LogP contribution in [0.2, 0.25) is 5.02 Å². The SMILES string of the molecule is Cc1cc2nc(SCC(=O)Nc3ccc(Cl)cc3C(F)(F)F)n(CCC(C)C)c(=O)c2[nH]1. The molecule has 0 unspecified atom stereocenters. The molecule has 2 heterocycles. The van der Waals surface area contributed by atoms with Gasteiger partial charge in [-0.2, -0.15) is 13.2 Å². The van der Waals surface area contributed by atoms with Crippen LogP contribution in [-0.4, -0.2) is 26.2 Å². The number of alkyl halides is 3. The van der Waals surface area contributed by atoms with Crippen LogP contribution < -0.4 is 10.9 Å². The second-order valence-corrected chi connectivity index (χ2v) is 9.15. The van der Waals surface area contributed by atoms with Gasteiger partial charge in [-0.05, 0) is 43.5 Å². The zero-order valence-electron chi connectivity index (χ0n) is 17.6. The summed E-state index contributed by atoms with van der Waals surface area (Å²) in [5, 5.41) is 2.53. The number of fused-ring (bicyclic) bond motifs is 1. The molecule has 3 rings (SSSR count). The van der Waals surface area contributed by atoms with Crippen molar-refractivity contribution in [3.05, 3.63) is 50.9 Å². The van der Waals surface area contributed by atoms with E-state index in [0.29, 0.717) is 28.7 Å². The number of aryl methyl sites for hydroxylation is 1. The first-order valence-corrected chi connectivity index (χ1v) is 11.2. The summed E-state index contributed by atoms with van der Waals surface area (Å²) in [5.41, 5.74) is -0.00996. The summed E-state index contributed by atoms with van der Waals surface area (Å²) in [4.78, 5) is 32.9. The maximum absolute atomic E-state index is 13.3. The molecule has 11 heteroatoms. The van der Waals surface area contributed by atoms with E-state index in [-0.39, 0.29) is 22.0 Å². The van der Waals surface area contributed by atoms with Crippen LogP contribution in [0.1, 0.15) is 31.5 Å². The Morgan fingerprint density at radius 3 is 2.69 bits per heavy atom. The quantitative estimate of drug-likeness (QED) is 0.342. The minimum absolute atomic E-state index is 0.0850. The summed E-state index contributed by atoms with van der Waals surface area (Å²) >= 11 is 6.67. The summed E-state index contributed by atoms with van der Waals surface area (Å²) in [6, 6.07) is 4.88. The largest absolute Gasteiger partial charge is 0.418 e. The molecule has 3 aromatic rings. The van der Waals surface area contributed by atoms with E-state index < -0.39 is 17.6 Å². The highest BCUT2D eigenvalue weighted by Gasteiger charge is 2.34. The molecule has 0 radical (unpaired) electrons. The second kappa shape index (κ2) is 9.58. The van der Waals surface area contributed by atoms with Gasteiger partial charge in [0.05, 0.1) is 22.5 Å². The number of amides is 1. The summed E-state index contributed by atoms with van der Waals surface area (Å²) in [6.45, 7) is 6.28. The molecule has 172 valence electrons. The zero-order valence-corrected chi connectivity index (χ0v) is 19.2. The average molecular weight is 487 g/mol. The molecule has 1 amide bonds. The van der Waals surface area contributed by atoms with Gasteiger partial charge in [0.1, 0.15) is 5.52 Å². The van der Waals surface area contributed by atoms with Gasteiger partial charge in [0.2, 0.25) is 5.91 Å². The van der Waals surface area contributed by atoms with Crippen molar-refractivity contribution in [1.29, 1.82) is 0 Å². The number of halogens is 4. The Bertz CT molecular complexity index is 1200.